The van der Waals surface area contributed by atoms with Crippen molar-refractivity contribution in [3.63, 3.8) is 0 Å². The van der Waals surface area contributed by atoms with Crippen LogP contribution in [0.4, 0.5) is 4.79 Å². The van der Waals surface area contributed by atoms with Crippen LogP contribution in [0.1, 0.15) is 52.9 Å². The molecule has 0 spiro atoms. The quantitative estimate of drug-likeness (QED) is 0.621. The van der Waals surface area contributed by atoms with Crippen LogP contribution in [0.15, 0.2) is 0 Å². The molecule has 21 heavy (non-hydrogen) atoms. The lowest BCUT2D eigenvalue weighted by atomic mass is 9.86. The van der Waals surface area contributed by atoms with Crippen molar-refractivity contribution in [3.8, 4) is 0 Å². The average Bonchev–Trinajstić information content (AvgIpc) is 2.35. The lowest BCUT2D eigenvalue weighted by molar-refractivity contribution is -0.142. The number of carbonyl (C=O) groups excluding carboxylic acids is 1. The summed E-state index contributed by atoms with van der Waals surface area (Å²) in [5.74, 6) is -1.03. The standard InChI is InChI=1S/C15H28N2O4/c1-15(2,3)8-12(18)9-16-14(21)17-11-6-4-10(5-7-11)13(19)20/h10-12,18H,4-9H2,1-3H3,(H,19,20)(H2,16,17,21). The highest BCUT2D eigenvalue weighted by Crippen LogP contribution is 2.24. The zero-order chi connectivity index (χ0) is 16.0. The maximum absolute atomic E-state index is 11.7. The minimum atomic E-state index is -0.747. The van der Waals surface area contributed by atoms with Crippen LogP contribution in [-0.2, 0) is 4.79 Å². The summed E-state index contributed by atoms with van der Waals surface area (Å²) in [5, 5.41) is 24.3. The molecule has 1 aliphatic carbocycles. The number of urea groups is 1. The van der Waals surface area contributed by atoms with Gasteiger partial charge in [-0.3, -0.25) is 4.79 Å². The molecule has 1 fully saturated rings. The smallest absolute Gasteiger partial charge is 0.315 e. The summed E-state index contributed by atoms with van der Waals surface area (Å²) in [5.41, 5.74) is 0.0206. The Labute approximate surface area is 126 Å². The second kappa shape index (κ2) is 7.64. The zero-order valence-electron chi connectivity index (χ0n) is 13.2. The second-order valence-corrected chi connectivity index (χ2v) is 7.16. The van der Waals surface area contributed by atoms with Gasteiger partial charge in [-0.2, -0.15) is 0 Å². The van der Waals surface area contributed by atoms with Crippen molar-refractivity contribution >= 4 is 12.0 Å². The fourth-order valence-electron chi connectivity index (χ4n) is 2.71. The Hall–Kier alpha value is -1.30. The molecule has 1 unspecified atom stereocenters. The first-order valence-corrected chi connectivity index (χ1v) is 7.62. The van der Waals surface area contributed by atoms with Crippen molar-refractivity contribution in [1.29, 1.82) is 0 Å². The highest BCUT2D eigenvalue weighted by atomic mass is 16.4. The highest BCUT2D eigenvalue weighted by Gasteiger charge is 2.26. The molecule has 6 nitrogen and oxygen atoms in total. The molecular formula is C15H28N2O4. The number of hydrogen-bond donors (Lipinski definition) is 4. The van der Waals surface area contributed by atoms with Crippen molar-refractivity contribution in [3.05, 3.63) is 0 Å². The zero-order valence-corrected chi connectivity index (χ0v) is 13.2. The van der Waals surface area contributed by atoms with Gasteiger partial charge in [0.2, 0.25) is 0 Å². The number of amides is 2. The van der Waals surface area contributed by atoms with Gasteiger partial charge in [-0.25, -0.2) is 4.79 Å². The van der Waals surface area contributed by atoms with Gasteiger partial charge >= 0.3 is 12.0 Å². The van der Waals surface area contributed by atoms with Crippen LogP contribution in [0.3, 0.4) is 0 Å². The predicted octanol–water partition coefficient (Wildman–Crippen LogP) is 1.73. The molecule has 1 atom stereocenters. The van der Waals surface area contributed by atoms with Gasteiger partial charge in [0.1, 0.15) is 0 Å². The van der Waals surface area contributed by atoms with Gasteiger partial charge in [0.05, 0.1) is 12.0 Å². The van der Waals surface area contributed by atoms with Crippen molar-refractivity contribution in [2.24, 2.45) is 11.3 Å². The molecule has 1 rings (SSSR count). The first-order valence-electron chi connectivity index (χ1n) is 7.62. The molecule has 0 heterocycles. The highest BCUT2D eigenvalue weighted by molar-refractivity contribution is 5.74. The Bertz CT molecular complexity index is 357. The van der Waals surface area contributed by atoms with Gasteiger partial charge in [-0.15, -0.1) is 0 Å². The molecular weight excluding hydrogens is 272 g/mol. The van der Waals surface area contributed by atoms with Gasteiger partial charge < -0.3 is 20.8 Å². The van der Waals surface area contributed by atoms with E-state index in [1.54, 1.807) is 0 Å². The van der Waals surface area contributed by atoms with E-state index >= 15 is 0 Å². The van der Waals surface area contributed by atoms with Crippen LogP contribution >= 0.6 is 0 Å². The third-order valence-corrected chi connectivity index (χ3v) is 3.76. The van der Waals surface area contributed by atoms with Gasteiger partial charge in [-0.1, -0.05) is 20.8 Å². The topological polar surface area (TPSA) is 98.7 Å². The van der Waals surface area contributed by atoms with Crippen LogP contribution in [0.5, 0.6) is 0 Å². The Balaban J connectivity index is 2.21. The van der Waals surface area contributed by atoms with Gasteiger partial charge in [0.25, 0.3) is 0 Å². The molecule has 1 saturated carbocycles. The summed E-state index contributed by atoms with van der Waals surface area (Å²) in [7, 11) is 0. The van der Waals surface area contributed by atoms with Gasteiger partial charge in [0, 0.05) is 12.6 Å². The van der Waals surface area contributed by atoms with E-state index in [1.165, 1.54) is 0 Å². The number of aliphatic hydroxyl groups is 1. The molecule has 2 amide bonds. The summed E-state index contributed by atoms with van der Waals surface area (Å²) >= 11 is 0. The van der Waals surface area contributed by atoms with E-state index in [0.29, 0.717) is 32.1 Å². The summed E-state index contributed by atoms with van der Waals surface area (Å²) < 4.78 is 0. The molecule has 0 aromatic heterocycles. The fourth-order valence-corrected chi connectivity index (χ4v) is 2.71. The number of nitrogens with one attached hydrogen (secondary N) is 2. The summed E-state index contributed by atoms with van der Waals surface area (Å²) in [6.45, 7) is 6.35. The number of carbonyl (C=O) groups is 2. The maximum atomic E-state index is 11.7. The number of carboxylic acid groups (broad SMARTS) is 1. The third kappa shape index (κ3) is 7.32. The molecule has 4 N–H and O–H groups in total. The minimum Gasteiger partial charge on any atom is -0.481 e. The van der Waals surface area contributed by atoms with E-state index in [0.717, 1.165) is 0 Å². The molecule has 0 bridgehead atoms. The van der Waals surface area contributed by atoms with Crippen molar-refractivity contribution in [2.75, 3.05) is 6.54 Å². The third-order valence-electron chi connectivity index (χ3n) is 3.76. The summed E-state index contributed by atoms with van der Waals surface area (Å²) in [6.07, 6.45) is 2.65. The molecule has 1 aliphatic rings. The number of aliphatic hydroxyl groups excluding tert-OH is 1. The first kappa shape index (κ1) is 17.8. The predicted molar refractivity (Wildman–Crippen MR) is 80.0 cm³/mol. The van der Waals surface area contributed by atoms with Crippen molar-refractivity contribution < 1.29 is 19.8 Å². The summed E-state index contributed by atoms with van der Waals surface area (Å²) in [6, 6.07) is -0.262. The van der Waals surface area contributed by atoms with Crippen molar-refractivity contribution in [1.82, 2.24) is 10.6 Å². The Morgan fingerprint density at radius 3 is 2.24 bits per heavy atom. The van der Waals surface area contributed by atoms with Crippen LogP contribution in [0.25, 0.3) is 0 Å². The maximum Gasteiger partial charge on any atom is 0.315 e. The second-order valence-electron chi connectivity index (χ2n) is 7.16. The average molecular weight is 300 g/mol. The van der Waals surface area contributed by atoms with Crippen LogP contribution in [-0.4, -0.2) is 40.9 Å². The van der Waals surface area contributed by atoms with Crippen LogP contribution < -0.4 is 10.6 Å². The Morgan fingerprint density at radius 2 is 1.76 bits per heavy atom. The molecule has 6 heteroatoms. The molecule has 0 aromatic carbocycles. The number of hydrogen-bond acceptors (Lipinski definition) is 3. The SMILES string of the molecule is CC(C)(C)CC(O)CNC(=O)NC1CCC(C(=O)O)CC1. The summed E-state index contributed by atoms with van der Waals surface area (Å²) in [4.78, 5) is 22.6. The van der Waals surface area contributed by atoms with Gasteiger partial charge in [-0.05, 0) is 37.5 Å². The molecule has 0 radical (unpaired) electrons. The molecule has 0 saturated heterocycles. The Kier molecular flexibility index (Phi) is 6.45. The molecule has 0 aromatic rings. The lowest BCUT2D eigenvalue weighted by Gasteiger charge is -2.27. The van der Waals surface area contributed by atoms with E-state index in [1.807, 2.05) is 20.8 Å². The van der Waals surface area contributed by atoms with Gasteiger partial charge in [0.15, 0.2) is 0 Å². The molecule has 122 valence electrons. The van der Waals surface area contributed by atoms with E-state index < -0.39 is 12.1 Å². The fraction of sp³-hybridized carbons (Fsp3) is 0.867. The van der Waals surface area contributed by atoms with Crippen molar-refractivity contribution in [2.45, 2.75) is 65.0 Å². The number of aliphatic carboxylic acids is 1. The van der Waals surface area contributed by atoms with Crippen LogP contribution in [0, 0.1) is 11.3 Å². The number of rotatable bonds is 5. The Morgan fingerprint density at radius 1 is 1.19 bits per heavy atom. The van der Waals surface area contributed by atoms with Crippen LogP contribution in [0.2, 0.25) is 0 Å². The normalized spacial score (nSPS) is 24.2. The van der Waals surface area contributed by atoms with E-state index in [-0.39, 0.29) is 30.0 Å². The largest absolute Gasteiger partial charge is 0.481 e. The first-order chi connectivity index (χ1) is 9.67. The number of carboxylic acids is 1. The van der Waals surface area contributed by atoms with E-state index in [4.69, 9.17) is 5.11 Å². The van der Waals surface area contributed by atoms with E-state index in [2.05, 4.69) is 10.6 Å². The monoisotopic (exact) mass is 300 g/mol. The minimum absolute atomic E-state index is 0.0206. The lowest BCUT2D eigenvalue weighted by Crippen LogP contribution is -2.46. The van der Waals surface area contributed by atoms with E-state index in [9.17, 15) is 14.7 Å². The molecule has 0 aliphatic heterocycles.